The van der Waals surface area contributed by atoms with Gasteiger partial charge in [0.25, 0.3) is 0 Å². The molecule has 0 saturated heterocycles. The Labute approximate surface area is 79.4 Å². The third kappa shape index (κ3) is 4.33. The van der Waals surface area contributed by atoms with Gasteiger partial charge in [0.05, 0.1) is 12.2 Å². The Morgan fingerprint density at radius 2 is 1.83 bits per heavy atom. The number of hydrogen-bond acceptors (Lipinski definition) is 3. The van der Waals surface area contributed by atoms with Crippen LogP contribution in [0.1, 0.15) is 27.7 Å². The summed E-state index contributed by atoms with van der Waals surface area (Å²) in [5.41, 5.74) is -0.617. The van der Waals surface area contributed by atoms with E-state index in [0.29, 0.717) is 5.75 Å². The van der Waals surface area contributed by atoms with Crippen LogP contribution in [0.15, 0.2) is 0 Å². The lowest BCUT2D eigenvalue weighted by Crippen LogP contribution is -2.34. The molecule has 0 bridgehead atoms. The molecule has 2 nitrogen and oxygen atoms in total. The van der Waals surface area contributed by atoms with Gasteiger partial charge in [0, 0.05) is 11.0 Å². The largest absolute Gasteiger partial charge is 0.395 e. The van der Waals surface area contributed by atoms with Gasteiger partial charge in [-0.2, -0.15) is 11.8 Å². The maximum Gasteiger partial charge on any atom is 0.0732 e. The van der Waals surface area contributed by atoms with E-state index in [9.17, 15) is 5.11 Å². The molecular formula is C9H20O2S. The van der Waals surface area contributed by atoms with Crippen molar-refractivity contribution in [3.63, 3.8) is 0 Å². The molecule has 0 aromatic heterocycles. The highest BCUT2D eigenvalue weighted by Gasteiger charge is 2.25. The van der Waals surface area contributed by atoms with E-state index in [1.807, 2.05) is 27.7 Å². The normalized spacial score (nSPS) is 19.2. The smallest absolute Gasteiger partial charge is 0.0732 e. The first-order chi connectivity index (χ1) is 5.40. The molecule has 0 aromatic carbocycles. The third-order valence-electron chi connectivity index (χ3n) is 2.16. The molecule has 0 rings (SSSR count). The van der Waals surface area contributed by atoms with E-state index in [0.717, 1.165) is 0 Å². The van der Waals surface area contributed by atoms with Gasteiger partial charge in [0.2, 0.25) is 0 Å². The lowest BCUT2D eigenvalue weighted by atomic mass is 9.95. The second-order valence-corrected chi connectivity index (χ2v) is 5.24. The van der Waals surface area contributed by atoms with Crippen LogP contribution in [0.5, 0.6) is 0 Å². The molecule has 0 heterocycles. The van der Waals surface area contributed by atoms with E-state index in [-0.39, 0.29) is 17.8 Å². The molecule has 0 fully saturated rings. The van der Waals surface area contributed by atoms with Gasteiger partial charge in [-0.1, -0.05) is 20.8 Å². The molecule has 0 aromatic rings. The Morgan fingerprint density at radius 3 is 2.17 bits per heavy atom. The summed E-state index contributed by atoms with van der Waals surface area (Å²) in [6.45, 7) is 7.99. The van der Waals surface area contributed by atoms with Crippen LogP contribution in [-0.2, 0) is 0 Å². The second kappa shape index (κ2) is 5.10. The molecule has 0 aliphatic heterocycles. The molecule has 0 saturated carbocycles. The Kier molecular flexibility index (Phi) is 5.21. The van der Waals surface area contributed by atoms with Crippen molar-refractivity contribution in [2.75, 3.05) is 12.4 Å². The average Bonchev–Trinajstić information content (AvgIpc) is 2.00. The van der Waals surface area contributed by atoms with Crippen molar-refractivity contribution in [2.24, 2.45) is 5.92 Å². The molecule has 0 aliphatic carbocycles. The Hall–Kier alpha value is 0.270. The van der Waals surface area contributed by atoms with Gasteiger partial charge in [-0.15, -0.1) is 0 Å². The maximum atomic E-state index is 9.83. The standard InChI is InChI=1S/C9H20O2S/c1-7(2)9(4,11)6-12-8(3)5-10/h7-8,10-11H,5-6H2,1-4H3. The molecule has 2 unspecified atom stereocenters. The highest BCUT2D eigenvalue weighted by molar-refractivity contribution is 7.99. The van der Waals surface area contributed by atoms with Crippen molar-refractivity contribution in [3.05, 3.63) is 0 Å². The predicted molar refractivity (Wildman–Crippen MR) is 54.5 cm³/mol. The van der Waals surface area contributed by atoms with Crippen LogP contribution in [0, 0.1) is 5.92 Å². The van der Waals surface area contributed by atoms with Crippen LogP contribution >= 0.6 is 11.8 Å². The van der Waals surface area contributed by atoms with E-state index >= 15 is 0 Å². The van der Waals surface area contributed by atoms with Crippen LogP contribution in [0.25, 0.3) is 0 Å². The highest BCUT2D eigenvalue weighted by Crippen LogP contribution is 2.23. The van der Waals surface area contributed by atoms with E-state index in [4.69, 9.17) is 5.11 Å². The van der Waals surface area contributed by atoms with Crippen molar-refractivity contribution >= 4 is 11.8 Å². The van der Waals surface area contributed by atoms with E-state index < -0.39 is 5.60 Å². The molecule has 12 heavy (non-hydrogen) atoms. The molecule has 0 aliphatic rings. The molecule has 0 spiro atoms. The molecule has 0 amide bonds. The Morgan fingerprint density at radius 1 is 1.33 bits per heavy atom. The minimum Gasteiger partial charge on any atom is -0.395 e. The van der Waals surface area contributed by atoms with Crippen molar-refractivity contribution in [1.29, 1.82) is 0 Å². The summed E-state index contributed by atoms with van der Waals surface area (Å²) in [7, 11) is 0. The summed E-state index contributed by atoms with van der Waals surface area (Å²) < 4.78 is 0. The van der Waals surface area contributed by atoms with Gasteiger partial charge in [-0.05, 0) is 12.8 Å². The van der Waals surface area contributed by atoms with E-state index in [1.54, 1.807) is 11.8 Å². The first kappa shape index (κ1) is 12.3. The predicted octanol–water partition coefficient (Wildman–Crippen LogP) is 1.51. The number of hydrogen-bond donors (Lipinski definition) is 2. The summed E-state index contributed by atoms with van der Waals surface area (Å²) in [5.74, 6) is 0.947. The molecule has 2 N–H and O–H groups in total. The number of aliphatic hydroxyl groups excluding tert-OH is 1. The Bertz CT molecular complexity index is 124. The lowest BCUT2D eigenvalue weighted by Gasteiger charge is -2.28. The SMILES string of the molecule is CC(CO)SCC(C)(O)C(C)C. The zero-order chi connectivity index (χ0) is 9.78. The average molecular weight is 192 g/mol. The van der Waals surface area contributed by atoms with Gasteiger partial charge >= 0.3 is 0 Å². The van der Waals surface area contributed by atoms with Crippen molar-refractivity contribution < 1.29 is 10.2 Å². The minimum atomic E-state index is -0.617. The van der Waals surface area contributed by atoms with Crippen molar-refractivity contribution in [3.8, 4) is 0 Å². The van der Waals surface area contributed by atoms with E-state index in [2.05, 4.69) is 0 Å². The summed E-state index contributed by atoms with van der Waals surface area (Å²) in [5, 5.41) is 18.8. The fourth-order valence-electron chi connectivity index (χ4n) is 0.530. The van der Waals surface area contributed by atoms with Gasteiger partial charge in [-0.25, -0.2) is 0 Å². The van der Waals surface area contributed by atoms with Crippen LogP contribution in [0.4, 0.5) is 0 Å². The van der Waals surface area contributed by atoms with Crippen LogP contribution in [-0.4, -0.2) is 33.4 Å². The fraction of sp³-hybridized carbons (Fsp3) is 1.00. The van der Waals surface area contributed by atoms with Crippen LogP contribution < -0.4 is 0 Å². The summed E-state index contributed by atoms with van der Waals surface area (Å²) >= 11 is 1.61. The monoisotopic (exact) mass is 192 g/mol. The van der Waals surface area contributed by atoms with Crippen LogP contribution in [0.3, 0.4) is 0 Å². The second-order valence-electron chi connectivity index (χ2n) is 3.82. The molecule has 74 valence electrons. The number of rotatable bonds is 5. The first-order valence-electron chi connectivity index (χ1n) is 4.35. The van der Waals surface area contributed by atoms with Crippen LogP contribution in [0.2, 0.25) is 0 Å². The van der Waals surface area contributed by atoms with Crippen molar-refractivity contribution in [1.82, 2.24) is 0 Å². The van der Waals surface area contributed by atoms with Gasteiger partial charge in [0.15, 0.2) is 0 Å². The molecular weight excluding hydrogens is 172 g/mol. The summed E-state index contributed by atoms with van der Waals surface area (Å²) in [6, 6.07) is 0. The van der Waals surface area contributed by atoms with Gasteiger partial charge < -0.3 is 10.2 Å². The van der Waals surface area contributed by atoms with E-state index in [1.165, 1.54) is 0 Å². The fourth-order valence-corrected chi connectivity index (χ4v) is 1.59. The first-order valence-corrected chi connectivity index (χ1v) is 5.40. The Balaban J connectivity index is 3.75. The maximum absolute atomic E-state index is 9.83. The van der Waals surface area contributed by atoms with Gasteiger partial charge in [0.1, 0.15) is 0 Å². The lowest BCUT2D eigenvalue weighted by molar-refractivity contribution is 0.0375. The topological polar surface area (TPSA) is 40.5 Å². The zero-order valence-electron chi connectivity index (χ0n) is 8.37. The highest BCUT2D eigenvalue weighted by atomic mass is 32.2. The third-order valence-corrected chi connectivity index (χ3v) is 3.63. The summed E-state index contributed by atoms with van der Waals surface area (Å²) in [4.78, 5) is 0. The summed E-state index contributed by atoms with van der Waals surface area (Å²) in [6.07, 6.45) is 0. The molecule has 2 atom stereocenters. The molecule has 3 heteroatoms. The number of thioether (sulfide) groups is 1. The van der Waals surface area contributed by atoms with Gasteiger partial charge in [-0.3, -0.25) is 0 Å². The minimum absolute atomic E-state index is 0.179. The zero-order valence-corrected chi connectivity index (χ0v) is 9.19. The van der Waals surface area contributed by atoms with Crippen molar-refractivity contribution in [2.45, 2.75) is 38.5 Å². The molecule has 0 radical (unpaired) electrons. The number of aliphatic hydroxyl groups is 2. The quantitative estimate of drug-likeness (QED) is 0.693.